The average molecular weight is 678 g/mol. The van der Waals surface area contributed by atoms with Gasteiger partial charge in [-0.2, -0.15) is 0 Å². The molecule has 0 aliphatic carbocycles. The summed E-state index contributed by atoms with van der Waals surface area (Å²) in [7, 11) is 3.17. The number of methoxy groups -OCH3 is 2. The lowest BCUT2D eigenvalue weighted by Gasteiger charge is -2.26. The Morgan fingerprint density at radius 2 is 1.75 bits per heavy atom. The number of rotatable bonds is 11. The molecule has 0 N–H and O–H groups in total. The van der Waals surface area contributed by atoms with E-state index in [1.54, 1.807) is 25.7 Å². The molecule has 5 rings (SSSR count). The van der Waals surface area contributed by atoms with Crippen molar-refractivity contribution in [3.63, 3.8) is 0 Å². The Bertz CT molecular complexity index is 1880. The largest absolute Gasteiger partial charge is 0.496 e. The normalized spacial score (nSPS) is 14.6. The zero-order valence-corrected chi connectivity index (χ0v) is 27.4. The van der Waals surface area contributed by atoms with Crippen LogP contribution in [-0.4, -0.2) is 31.4 Å². The maximum Gasteiger partial charge on any atom is 0.338 e. The third kappa shape index (κ3) is 6.51. The van der Waals surface area contributed by atoms with Crippen LogP contribution in [0, 0.1) is 0 Å². The van der Waals surface area contributed by atoms with Crippen molar-refractivity contribution in [2.45, 2.75) is 39.3 Å². The summed E-state index contributed by atoms with van der Waals surface area (Å²) in [6.07, 6.45) is 3.14. The van der Waals surface area contributed by atoms with E-state index in [9.17, 15) is 9.59 Å². The van der Waals surface area contributed by atoms with Crippen LogP contribution in [0.1, 0.15) is 49.4 Å². The van der Waals surface area contributed by atoms with E-state index in [2.05, 4.69) is 15.9 Å². The van der Waals surface area contributed by atoms with Crippen LogP contribution in [0.15, 0.2) is 92.3 Å². The molecule has 1 atom stereocenters. The fourth-order valence-electron chi connectivity index (χ4n) is 5.07. The molecule has 1 unspecified atom stereocenters. The summed E-state index contributed by atoms with van der Waals surface area (Å²) in [5, 5.41) is 0. The highest BCUT2D eigenvalue weighted by atomic mass is 79.9. The summed E-state index contributed by atoms with van der Waals surface area (Å²) in [5.74, 6) is 1.31. The smallest absolute Gasteiger partial charge is 0.338 e. The number of benzene rings is 3. The van der Waals surface area contributed by atoms with E-state index in [1.807, 2.05) is 79.7 Å². The van der Waals surface area contributed by atoms with Crippen molar-refractivity contribution in [1.82, 2.24) is 4.57 Å². The van der Waals surface area contributed by atoms with Crippen LogP contribution < -0.4 is 29.1 Å². The number of ether oxygens (including phenoxy) is 4. The van der Waals surface area contributed by atoms with E-state index in [-0.39, 0.29) is 12.2 Å². The SMILES string of the molecule is CCCC1=C(C(=O)OCC)C(c2ccc(OC)c(Br)c2)n2c(s/c(=C\c3ccc(OCc4ccccc4)c(OC)c3)c2=O)=N1. The fraction of sp³-hybridized carbons (Fsp3) is 0.265. The minimum atomic E-state index is -0.723. The summed E-state index contributed by atoms with van der Waals surface area (Å²) in [4.78, 5) is 32.9. The maximum atomic E-state index is 14.1. The van der Waals surface area contributed by atoms with Gasteiger partial charge in [-0.15, -0.1) is 0 Å². The summed E-state index contributed by atoms with van der Waals surface area (Å²) in [6, 6.07) is 20.3. The van der Waals surface area contributed by atoms with Gasteiger partial charge in [0.1, 0.15) is 12.4 Å². The Hall–Kier alpha value is -4.15. The molecule has 228 valence electrons. The first-order valence-electron chi connectivity index (χ1n) is 14.3. The number of hydrogen-bond donors (Lipinski definition) is 0. The number of aromatic nitrogens is 1. The third-order valence-electron chi connectivity index (χ3n) is 7.11. The molecule has 10 heteroatoms. The molecule has 3 aromatic carbocycles. The van der Waals surface area contributed by atoms with Crippen molar-refractivity contribution in [1.29, 1.82) is 0 Å². The van der Waals surface area contributed by atoms with Gasteiger partial charge in [0.2, 0.25) is 0 Å². The van der Waals surface area contributed by atoms with Crippen molar-refractivity contribution < 1.29 is 23.7 Å². The summed E-state index contributed by atoms with van der Waals surface area (Å²) in [6.45, 7) is 4.40. The van der Waals surface area contributed by atoms with Crippen LogP contribution >= 0.6 is 27.3 Å². The molecule has 0 fully saturated rings. The third-order valence-corrected chi connectivity index (χ3v) is 8.71. The predicted molar refractivity (Wildman–Crippen MR) is 174 cm³/mol. The van der Waals surface area contributed by atoms with Crippen LogP contribution in [0.4, 0.5) is 0 Å². The van der Waals surface area contributed by atoms with Gasteiger partial charge in [-0.25, -0.2) is 9.79 Å². The van der Waals surface area contributed by atoms with Gasteiger partial charge in [-0.1, -0.05) is 67.1 Å². The van der Waals surface area contributed by atoms with Crippen molar-refractivity contribution in [3.05, 3.63) is 119 Å². The van der Waals surface area contributed by atoms with Crippen molar-refractivity contribution in [2.75, 3.05) is 20.8 Å². The molecule has 0 bridgehead atoms. The molecule has 4 aromatic rings. The molecule has 0 saturated carbocycles. The van der Waals surface area contributed by atoms with Crippen LogP contribution in [-0.2, 0) is 16.1 Å². The van der Waals surface area contributed by atoms with Crippen molar-refractivity contribution in [2.24, 2.45) is 4.99 Å². The molecule has 0 amide bonds. The molecular formula is C34H33BrN2O6S. The molecule has 0 spiro atoms. The first kappa shape index (κ1) is 31.3. The molecule has 8 nitrogen and oxygen atoms in total. The summed E-state index contributed by atoms with van der Waals surface area (Å²) in [5.41, 5.74) is 3.28. The second-order valence-electron chi connectivity index (χ2n) is 9.99. The fourth-order valence-corrected chi connectivity index (χ4v) is 6.65. The second-order valence-corrected chi connectivity index (χ2v) is 11.9. The number of esters is 1. The van der Waals surface area contributed by atoms with Gasteiger partial charge in [0.15, 0.2) is 16.3 Å². The lowest BCUT2D eigenvalue weighted by molar-refractivity contribution is -0.139. The van der Waals surface area contributed by atoms with E-state index in [0.717, 1.165) is 23.1 Å². The zero-order chi connectivity index (χ0) is 31.2. The quantitative estimate of drug-likeness (QED) is 0.183. The van der Waals surface area contributed by atoms with E-state index in [0.29, 0.717) is 55.4 Å². The average Bonchev–Trinajstić information content (AvgIpc) is 3.34. The van der Waals surface area contributed by atoms with Gasteiger partial charge >= 0.3 is 5.97 Å². The molecular weight excluding hydrogens is 644 g/mol. The van der Waals surface area contributed by atoms with E-state index in [1.165, 1.54) is 11.3 Å². The summed E-state index contributed by atoms with van der Waals surface area (Å²) >= 11 is 4.85. The van der Waals surface area contributed by atoms with Gasteiger partial charge < -0.3 is 18.9 Å². The Balaban J connectivity index is 1.61. The molecule has 1 aliphatic heterocycles. The molecule has 0 saturated heterocycles. The number of fused-ring (bicyclic) bond motifs is 1. The minimum absolute atomic E-state index is 0.206. The van der Waals surface area contributed by atoms with Crippen LogP contribution in [0.3, 0.4) is 0 Å². The van der Waals surface area contributed by atoms with Crippen molar-refractivity contribution in [3.8, 4) is 17.2 Å². The first-order chi connectivity index (χ1) is 21.4. The molecule has 2 heterocycles. The molecule has 0 radical (unpaired) electrons. The zero-order valence-electron chi connectivity index (χ0n) is 25.0. The molecule has 1 aromatic heterocycles. The van der Waals surface area contributed by atoms with E-state index < -0.39 is 12.0 Å². The number of hydrogen-bond acceptors (Lipinski definition) is 8. The number of thiazole rings is 1. The number of nitrogens with zero attached hydrogens (tertiary/aromatic N) is 2. The molecule has 44 heavy (non-hydrogen) atoms. The minimum Gasteiger partial charge on any atom is -0.496 e. The second kappa shape index (κ2) is 14.1. The van der Waals surface area contributed by atoms with Crippen LogP contribution in [0.25, 0.3) is 6.08 Å². The van der Waals surface area contributed by atoms with Crippen LogP contribution in [0.2, 0.25) is 0 Å². The van der Waals surface area contributed by atoms with Crippen LogP contribution in [0.5, 0.6) is 17.2 Å². The number of allylic oxidation sites excluding steroid dienone is 1. The standard InChI is InChI=1S/C34H33BrN2O6S/c1-5-10-25-30(33(39)42-6-2)31(23-14-16-26(40-3)24(35)19-23)37-32(38)29(44-34(37)36-25)18-22-13-15-27(28(17-22)41-4)43-20-21-11-8-7-9-12-21/h7-9,11-19,31H,5-6,10,20H2,1-4H3/b29-18-. The van der Waals surface area contributed by atoms with Gasteiger partial charge in [-0.05, 0) is 76.3 Å². The highest BCUT2D eigenvalue weighted by Crippen LogP contribution is 2.36. The summed E-state index contributed by atoms with van der Waals surface area (Å²) < 4.78 is 25.3. The van der Waals surface area contributed by atoms with Gasteiger partial charge in [0.05, 0.1) is 47.1 Å². The lowest BCUT2D eigenvalue weighted by Crippen LogP contribution is -2.40. The Kier molecular flexibility index (Phi) is 10.0. The topological polar surface area (TPSA) is 88.4 Å². The highest BCUT2D eigenvalue weighted by molar-refractivity contribution is 9.10. The predicted octanol–water partition coefficient (Wildman–Crippen LogP) is 5.94. The van der Waals surface area contributed by atoms with Crippen molar-refractivity contribution >= 4 is 39.3 Å². The Labute approximate surface area is 268 Å². The first-order valence-corrected chi connectivity index (χ1v) is 15.9. The Morgan fingerprint density at radius 3 is 2.43 bits per heavy atom. The van der Waals surface area contributed by atoms with Gasteiger partial charge in [0.25, 0.3) is 5.56 Å². The molecule has 1 aliphatic rings. The monoisotopic (exact) mass is 676 g/mol. The van der Waals surface area contributed by atoms with E-state index in [4.69, 9.17) is 23.9 Å². The van der Waals surface area contributed by atoms with Gasteiger partial charge in [-0.3, -0.25) is 9.36 Å². The Morgan fingerprint density at radius 1 is 1.00 bits per heavy atom. The maximum absolute atomic E-state index is 14.1. The van der Waals surface area contributed by atoms with Gasteiger partial charge in [0, 0.05) is 0 Å². The number of halogens is 1. The highest BCUT2D eigenvalue weighted by Gasteiger charge is 2.34. The number of carbonyl (C=O) groups is 1. The lowest BCUT2D eigenvalue weighted by atomic mass is 9.94. The van der Waals surface area contributed by atoms with E-state index >= 15 is 0 Å². The number of carbonyl (C=O) groups excluding carboxylic acids is 1.